The first-order valence-corrected chi connectivity index (χ1v) is 9.96. The third-order valence-corrected chi connectivity index (χ3v) is 6.12. The lowest BCUT2D eigenvalue weighted by Crippen LogP contribution is -2.27. The maximum atomic E-state index is 12.5. The zero-order valence-corrected chi connectivity index (χ0v) is 15.7. The van der Waals surface area contributed by atoms with Gasteiger partial charge in [0.25, 0.3) is 5.91 Å². The number of hydrogen-bond acceptors (Lipinski definition) is 5. The van der Waals surface area contributed by atoms with Crippen LogP contribution in [0.1, 0.15) is 27.2 Å². The second kappa shape index (κ2) is 8.25. The minimum absolute atomic E-state index is 0.0580. The molecule has 2 rings (SSSR count). The summed E-state index contributed by atoms with van der Waals surface area (Å²) in [5.74, 6) is -0.172. The number of carbonyl (C=O) groups excluding carboxylic acids is 1. The average Bonchev–Trinajstić information content (AvgIpc) is 2.99. The summed E-state index contributed by atoms with van der Waals surface area (Å²) in [5.41, 5.74) is 1.57. The standard InChI is InChI=1S/C17H19N3O3S2/c1-13-8-11-24-16(13)12-20(2)17(21)14-4-6-15(7-5-14)25(22,23)19-10-3-9-18/h4-8,11,19H,3,10,12H2,1-2H3. The SMILES string of the molecule is Cc1ccsc1CN(C)C(=O)c1ccc(S(=O)(=O)NCCC#N)cc1. The van der Waals surface area contributed by atoms with E-state index in [9.17, 15) is 13.2 Å². The summed E-state index contributed by atoms with van der Waals surface area (Å²) in [6.07, 6.45) is 0.0999. The van der Waals surface area contributed by atoms with Gasteiger partial charge in [0.05, 0.1) is 17.5 Å². The normalized spacial score (nSPS) is 11.1. The number of hydrogen-bond donors (Lipinski definition) is 1. The number of nitrogens with one attached hydrogen (secondary N) is 1. The Labute approximate surface area is 151 Å². The van der Waals surface area contributed by atoms with Crippen LogP contribution in [0.4, 0.5) is 0 Å². The third kappa shape index (κ3) is 4.89. The lowest BCUT2D eigenvalue weighted by Gasteiger charge is -2.17. The highest BCUT2D eigenvalue weighted by Gasteiger charge is 2.17. The van der Waals surface area contributed by atoms with Crippen LogP contribution in [0.25, 0.3) is 0 Å². The molecule has 8 heteroatoms. The molecule has 0 aliphatic carbocycles. The van der Waals surface area contributed by atoms with Gasteiger partial charge in [-0.15, -0.1) is 11.3 Å². The molecule has 2 aromatic rings. The van der Waals surface area contributed by atoms with E-state index in [-0.39, 0.29) is 23.8 Å². The van der Waals surface area contributed by atoms with Crippen LogP contribution in [0, 0.1) is 18.3 Å². The van der Waals surface area contributed by atoms with Gasteiger partial charge in [-0.05, 0) is 48.2 Å². The number of sulfonamides is 1. The van der Waals surface area contributed by atoms with Crippen LogP contribution in [0.5, 0.6) is 0 Å². The zero-order chi connectivity index (χ0) is 18.4. The first-order chi connectivity index (χ1) is 11.8. The predicted molar refractivity (Wildman–Crippen MR) is 96.7 cm³/mol. The van der Waals surface area contributed by atoms with Crippen molar-refractivity contribution in [3.05, 3.63) is 51.7 Å². The summed E-state index contributed by atoms with van der Waals surface area (Å²) >= 11 is 1.60. The molecule has 0 aliphatic heterocycles. The molecule has 25 heavy (non-hydrogen) atoms. The van der Waals surface area contributed by atoms with Crippen molar-refractivity contribution in [2.75, 3.05) is 13.6 Å². The van der Waals surface area contributed by atoms with E-state index >= 15 is 0 Å². The molecule has 0 saturated heterocycles. The Morgan fingerprint density at radius 1 is 1.28 bits per heavy atom. The fraction of sp³-hybridized carbons (Fsp3) is 0.294. The molecule has 0 unspecified atom stereocenters. The third-order valence-electron chi connectivity index (χ3n) is 3.64. The van der Waals surface area contributed by atoms with Crippen LogP contribution in [0.2, 0.25) is 0 Å². The smallest absolute Gasteiger partial charge is 0.253 e. The van der Waals surface area contributed by atoms with Crippen LogP contribution in [0.15, 0.2) is 40.6 Å². The van der Waals surface area contributed by atoms with E-state index in [4.69, 9.17) is 5.26 Å². The highest BCUT2D eigenvalue weighted by Crippen LogP contribution is 2.19. The molecule has 132 valence electrons. The summed E-state index contributed by atoms with van der Waals surface area (Å²) in [7, 11) is -1.95. The van der Waals surface area contributed by atoms with Crippen LogP contribution < -0.4 is 4.72 Å². The molecule has 0 spiro atoms. The van der Waals surface area contributed by atoms with Gasteiger partial charge in [-0.3, -0.25) is 4.79 Å². The van der Waals surface area contributed by atoms with Crippen LogP contribution in [-0.4, -0.2) is 32.8 Å². The summed E-state index contributed by atoms with van der Waals surface area (Å²) < 4.78 is 26.5. The largest absolute Gasteiger partial charge is 0.337 e. The number of nitrogens with zero attached hydrogens (tertiary/aromatic N) is 2. The number of nitriles is 1. The maximum absolute atomic E-state index is 12.5. The fourth-order valence-electron chi connectivity index (χ4n) is 2.17. The number of carbonyl (C=O) groups is 1. The van der Waals surface area contributed by atoms with Crippen molar-refractivity contribution in [1.29, 1.82) is 5.26 Å². The van der Waals surface area contributed by atoms with Gasteiger partial charge in [-0.25, -0.2) is 13.1 Å². The highest BCUT2D eigenvalue weighted by atomic mass is 32.2. The van der Waals surface area contributed by atoms with Crippen molar-refractivity contribution in [2.45, 2.75) is 24.8 Å². The minimum Gasteiger partial charge on any atom is -0.337 e. The first kappa shape index (κ1) is 19.1. The topological polar surface area (TPSA) is 90.3 Å². The monoisotopic (exact) mass is 377 g/mol. The van der Waals surface area contributed by atoms with Crippen LogP contribution >= 0.6 is 11.3 Å². The Kier molecular flexibility index (Phi) is 6.31. The molecular weight excluding hydrogens is 358 g/mol. The van der Waals surface area contributed by atoms with Crippen LogP contribution in [-0.2, 0) is 16.6 Å². The molecule has 0 fully saturated rings. The second-order valence-corrected chi connectivity index (χ2v) is 8.29. The summed E-state index contributed by atoms with van der Waals surface area (Å²) in [6, 6.07) is 9.67. The van der Waals surface area contributed by atoms with E-state index < -0.39 is 10.0 Å². The number of rotatable bonds is 7. The van der Waals surface area contributed by atoms with E-state index in [1.165, 1.54) is 24.3 Å². The van der Waals surface area contributed by atoms with Gasteiger partial charge in [-0.2, -0.15) is 5.26 Å². The molecule has 0 aliphatic rings. The number of benzene rings is 1. The Morgan fingerprint density at radius 2 is 1.96 bits per heavy atom. The van der Waals surface area contributed by atoms with E-state index in [0.29, 0.717) is 12.1 Å². The molecule has 1 heterocycles. The predicted octanol–water partition coefficient (Wildman–Crippen LogP) is 2.52. The van der Waals surface area contributed by atoms with Crippen LogP contribution in [0.3, 0.4) is 0 Å². The lowest BCUT2D eigenvalue weighted by molar-refractivity contribution is 0.0786. The average molecular weight is 377 g/mol. The first-order valence-electron chi connectivity index (χ1n) is 7.60. The van der Waals surface area contributed by atoms with Gasteiger partial charge in [0.2, 0.25) is 10.0 Å². The molecule has 1 N–H and O–H groups in total. The van der Waals surface area contributed by atoms with E-state index in [0.717, 1.165) is 10.4 Å². The molecule has 6 nitrogen and oxygen atoms in total. The van der Waals surface area contributed by atoms with Crippen molar-refractivity contribution < 1.29 is 13.2 Å². The van der Waals surface area contributed by atoms with Gasteiger partial charge in [0.15, 0.2) is 0 Å². The molecule has 0 atom stereocenters. The van der Waals surface area contributed by atoms with Gasteiger partial charge < -0.3 is 4.90 Å². The van der Waals surface area contributed by atoms with Crippen molar-refractivity contribution in [1.82, 2.24) is 9.62 Å². The van der Waals surface area contributed by atoms with E-state index in [2.05, 4.69) is 4.72 Å². The molecule has 0 bridgehead atoms. The maximum Gasteiger partial charge on any atom is 0.253 e. The highest BCUT2D eigenvalue weighted by molar-refractivity contribution is 7.89. The fourth-order valence-corrected chi connectivity index (χ4v) is 4.17. The van der Waals surface area contributed by atoms with Crippen molar-refractivity contribution in [3.8, 4) is 6.07 Å². The van der Waals surface area contributed by atoms with Gasteiger partial charge >= 0.3 is 0 Å². The van der Waals surface area contributed by atoms with Gasteiger partial charge in [0, 0.05) is 30.5 Å². The van der Waals surface area contributed by atoms with E-state index in [1.807, 2.05) is 24.4 Å². The molecule has 1 amide bonds. The second-order valence-electron chi connectivity index (χ2n) is 5.52. The van der Waals surface area contributed by atoms with E-state index in [1.54, 1.807) is 23.3 Å². The number of thiophene rings is 1. The number of aryl methyl sites for hydroxylation is 1. The Morgan fingerprint density at radius 3 is 2.52 bits per heavy atom. The van der Waals surface area contributed by atoms with Crippen molar-refractivity contribution >= 4 is 27.3 Å². The molecule has 0 radical (unpaired) electrons. The molecule has 1 aromatic heterocycles. The lowest BCUT2D eigenvalue weighted by atomic mass is 10.2. The summed E-state index contributed by atoms with van der Waals surface area (Å²) in [5, 5.41) is 10.5. The zero-order valence-electron chi connectivity index (χ0n) is 14.0. The molecule has 0 saturated carbocycles. The summed E-state index contributed by atoms with van der Waals surface area (Å²) in [6.45, 7) is 2.57. The molecule has 1 aromatic carbocycles. The Balaban J connectivity index is 2.07. The molecular formula is C17H19N3O3S2. The number of amides is 1. The quantitative estimate of drug-likeness (QED) is 0.751. The van der Waals surface area contributed by atoms with Crippen molar-refractivity contribution in [3.63, 3.8) is 0 Å². The van der Waals surface area contributed by atoms with Gasteiger partial charge in [0.1, 0.15) is 0 Å². The Bertz CT molecular complexity index is 881. The van der Waals surface area contributed by atoms with Crippen molar-refractivity contribution in [2.24, 2.45) is 0 Å². The minimum atomic E-state index is -3.67. The summed E-state index contributed by atoms with van der Waals surface area (Å²) in [4.78, 5) is 15.3. The van der Waals surface area contributed by atoms with Gasteiger partial charge in [-0.1, -0.05) is 0 Å². The Hall–Kier alpha value is -2.21.